The second kappa shape index (κ2) is 7.17. The van der Waals surface area contributed by atoms with Gasteiger partial charge in [0.2, 0.25) is 11.8 Å². The lowest BCUT2D eigenvalue weighted by molar-refractivity contribution is -0.127. The number of hydrogen-bond donors (Lipinski definition) is 2. The van der Waals surface area contributed by atoms with Gasteiger partial charge in [0.1, 0.15) is 0 Å². The molecule has 2 aromatic carbocycles. The van der Waals surface area contributed by atoms with Crippen molar-refractivity contribution in [3.05, 3.63) is 54.6 Å². The molecule has 26 heavy (non-hydrogen) atoms. The summed E-state index contributed by atoms with van der Waals surface area (Å²) >= 11 is 0. The van der Waals surface area contributed by atoms with E-state index in [4.69, 9.17) is 0 Å². The molecule has 3 rings (SSSR count). The lowest BCUT2D eigenvalue weighted by Gasteiger charge is -2.12. The van der Waals surface area contributed by atoms with Gasteiger partial charge in [0.15, 0.2) is 0 Å². The zero-order chi connectivity index (χ0) is 18.7. The van der Waals surface area contributed by atoms with Gasteiger partial charge in [-0.25, -0.2) is 8.42 Å². The van der Waals surface area contributed by atoms with Crippen LogP contribution in [-0.2, 0) is 19.6 Å². The fraction of sp³-hybridized carbons (Fsp3) is 0.222. The summed E-state index contributed by atoms with van der Waals surface area (Å²) in [6.45, 7) is 0.359. The lowest BCUT2D eigenvalue weighted by Crippen LogP contribution is -2.25. The molecule has 136 valence electrons. The molecule has 0 radical (unpaired) electrons. The minimum absolute atomic E-state index is 0.0405. The number of benzene rings is 2. The third-order valence-corrected chi connectivity index (χ3v) is 5.53. The van der Waals surface area contributed by atoms with E-state index in [2.05, 4.69) is 10.0 Å². The van der Waals surface area contributed by atoms with Gasteiger partial charge in [0.05, 0.1) is 10.8 Å². The Hall–Kier alpha value is -2.87. The summed E-state index contributed by atoms with van der Waals surface area (Å²) in [6, 6.07) is 14.6. The van der Waals surface area contributed by atoms with Gasteiger partial charge in [-0.05, 0) is 30.3 Å². The largest absolute Gasteiger partial charge is 0.345 e. The number of anilines is 2. The second-order valence-corrected chi connectivity index (χ2v) is 7.85. The molecule has 0 bridgehead atoms. The average molecular weight is 373 g/mol. The monoisotopic (exact) mass is 373 g/mol. The summed E-state index contributed by atoms with van der Waals surface area (Å²) in [5.41, 5.74) is 0.822. The highest BCUT2D eigenvalue weighted by atomic mass is 32.2. The first-order chi connectivity index (χ1) is 12.3. The fourth-order valence-electron chi connectivity index (χ4n) is 2.74. The summed E-state index contributed by atoms with van der Waals surface area (Å²) < 4.78 is 27.5. The molecule has 0 unspecified atom stereocenters. The number of sulfonamides is 1. The first-order valence-electron chi connectivity index (χ1n) is 8.08. The molecule has 2 N–H and O–H groups in total. The molecule has 0 spiro atoms. The Balaban J connectivity index is 1.74. The van der Waals surface area contributed by atoms with Gasteiger partial charge in [-0.15, -0.1) is 0 Å². The number of carbonyl (C=O) groups excluding carboxylic acids is 2. The lowest BCUT2D eigenvalue weighted by atomic mass is 10.1. The van der Waals surface area contributed by atoms with Crippen molar-refractivity contribution in [2.24, 2.45) is 5.92 Å². The summed E-state index contributed by atoms with van der Waals surface area (Å²) in [5, 5.41) is 2.69. The molecule has 2 amide bonds. The number of likely N-dealkylation sites (tertiary alicyclic amines) is 1. The maximum atomic E-state index is 12.5. The molecule has 1 atom stereocenters. The standard InChI is InChI=1S/C18H19N3O4S/c1-21-12-13(10-17(21)22)18(23)19-15-8-5-9-16(11-15)26(24,25)20-14-6-3-2-4-7-14/h2-9,11,13,20H,10,12H2,1H3,(H,19,23)/t13-/m0/s1. The van der Waals surface area contributed by atoms with Crippen molar-refractivity contribution in [2.75, 3.05) is 23.6 Å². The second-order valence-electron chi connectivity index (χ2n) is 6.16. The van der Waals surface area contributed by atoms with Crippen molar-refractivity contribution in [1.29, 1.82) is 0 Å². The summed E-state index contributed by atoms with van der Waals surface area (Å²) in [5.74, 6) is -0.808. The number of hydrogen-bond acceptors (Lipinski definition) is 4. The molecule has 8 heteroatoms. The molecule has 2 aromatic rings. The first-order valence-corrected chi connectivity index (χ1v) is 9.56. The van der Waals surface area contributed by atoms with Crippen molar-refractivity contribution in [1.82, 2.24) is 4.90 Å². The zero-order valence-corrected chi connectivity index (χ0v) is 15.0. The molecular weight excluding hydrogens is 354 g/mol. The van der Waals surface area contributed by atoms with E-state index in [9.17, 15) is 18.0 Å². The van der Waals surface area contributed by atoms with E-state index in [1.54, 1.807) is 49.5 Å². The van der Waals surface area contributed by atoms with Crippen molar-refractivity contribution in [2.45, 2.75) is 11.3 Å². The van der Waals surface area contributed by atoms with Crippen LogP contribution in [0.5, 0.6) is 0 Å². The number of para-hydroxylation sites is 1. The van der Waals surface area contributed by atoms with Crippen LogP contribution < -0.4 is 10.0 Å². The summed E-state index contributed by atoms with van der Waals surface area (Å²) in [7, 11) is -2.12. The van der Waals surface area contributed by atoms with Crippen LogP contribution in [0.4, 0.5) is 11.4 Å². The normalized spacial score (nSPS) is 17.2. The Morgan fingerprint density at radius 2 is 1.77 bits per heavy atom. The SMILES string of the molecule is CN1C[C@@H](C(=O)Nc2cccc(S(=O)(=O)Nc3ccccc3)c2)CC1=O. The molecule has 1 heterocycles. The predicted molar refractivity (Wildman–Crippen MR) is 98.1 cm³/mol. The van der Waals surface area contributed by atoms with Crippen molar-refractivity contribution in [3.63, 3.8) is 0 Å². The zero-order valence-electron chi connectivity index (χ0n) is 14.2. The van der Waals surface area contributed by atoms with Crippen LogP contribution in [0.1, 0.15) is 6.42 Å². The predicted octanol–water partition coefficient (Wildman–Crippen LogP) is 1.90. The van der Waals surface area contributed by atoms with Gasteiger partial charge in [-0.1, -0.05) is 24.3 Å². The van der Waals surface area contributed by atoms with Gasteiger partial charge in [0, 0.05) is 31.4 Å². The fourth-order valence-corrected chi connectivity index (χ4v) is 3.85. The van der Waals surface area contributed by atoms with E-state index >= 15 is 0 Å². The molecule has 1 aliphatic rings. The number of carbonyl (C=O) groups is 2. The van der Waals surface area contributed by atoms with Crippen molar-refractivity contribution >= 4 is 33.2 Å². The number of nitrogens with zero attached hydrogens (tertiary/aromatic N) is 1. The summed E-state index contributed by atoms with van der Waals surface area (Å²) in [6.07, 6.45) is 0.163. The van der Waals surface area contributed by atoms with Gasteiger partial charge >= 0.3 is 0 Å². The Morgan fingerprint density at radius 3 is 2.42 bits per heavy atom. The van der Waals surface area contributed by atoms with Crippen LogP contribution in [-0.4, -0.2) is 38.7 Å². The molecule has 0 aliphatic carbocycles. The highest BCUT2D eigenvalue weighted by Gasteiger charge is 2.32. The van der Waals surface area contributed by atoms with Crippen LogP contribution in [0.15, 0.2) is 59.5 Å². The van der Waals surface area contributed by atoms with Crippen LogP contribution in [0.25, 0.3) is 0 Å². The van der Waals surface area contributed by atoms with Crippen LogP contribution in [0.3, 0.4) is 0 Å². The third-order valence-electron chi connectivity index (χ3n) is 4.15. The molecule has 0 saturated carbocycles. The van der Waals surface area contributed by atoms with E-state index in [1.807, 2.05) is 0 Å². The third kappa shape index (κ3) is 4.02. The van der Waals surface area contributed by atoms with Gasteiger partial charge in [0.25, 0.3) is 10.0 Å². The maximum Gasteiger partial charge on any atom is 0.261 e. The minimum atomic E-state index is -3.77. The van der Waals surface area contributed by atoms with E-state index in [0.29, 0.717) is 17.9 Å². The highest BCUT2D eigenvalue weighted by Crippen LogP contribution is 2.22. The molecule has 1 fully saturated rings. The Morgan fingerprint density at radius 1 is 1.08 bits per heavy atom. The minimum Gasteiger partial charge on any atom is -0.345 e. The van der Waals surface area contributed by atoms with E-state index in [0.717, 1.165) is 0 Å². The maximum absolute atomic E-state index is 12.5. The topological polar surface area (TPSA) is 95.6 Å². The van der Waals surface area contributed by atoms with E-state index in [1.165, 1.54) is 17.0 Å². The Bertz CT molecular complexity index is 928. The molecular formula is C18H19N3O4S. The van der Waals surface area contributed by atoms with Gasteiger partial charge in [-0.3, -0.25) is 14.3 Å². The molecule has 1 saturated heterocycles. The van der Waals surface area contributed by atoms with Crippen molar-refractivity contribution in [3.8, 4) is 0 Å². The van der Waals surface area contributed by atoms with Gasteiger partial charge in [-0.2, -0.15) is 0 Å². The number of rotatable bonds is 5. The first kappa shape index (κ1) is 17.9. The average Bonchev–Trinajstić information content (AvgIpc) is 2.95. The quantitative estimate of drug-likeness (QED) is 0.837. The Labute approximate surface area is 152 Å². The summed E-state index contributed by atoms with van der Waals surface area (Å²) in [4.78, 5) is 25.4. The van der Waals surface area contributed by atoms with E-state index < -0.39 is 15.9 Å². The van der Waals surface area contributed by atoms with Crippen molar-refractivity contribution < 1.29 is 18.0 Å². The molecule has 1 aliphatic heterocycles. The smallest absolute Gasteiger partial charge is 0.261 e. The van der Waals surface area contributed by atoms with Crippen LogP contribution in [0.2, 0.25) is 0 Å². The molecule has 7 nitrogen and oxygen atoms in total. The highest BCUT2D eigenvalue weighted by molar-refractivity contribution is 7.92. The Kier molecular flexibility index (Phi) is 4.94. The number of nitrogens with one attached hydrogen (secondary N) is 2. The van der Waals surface area contributed by atoms with Crippen LogP contribution in [0, 0.1) is 5.92 Å². The molecule has 0 aromatic heterocycles. The van der Waals surface area contributed by atoms with E-state index in [-0.39, 0.29) is 23.1 Å². The number of amides is 2. The van der Waals surface area contributed by atoms with Crippen LogP contribution >= 0.6 is 0 Å². The van der Waals surface area contributed by atoms with Gasteiger partial charge < -0.3 is 10.2 Å².